The third-order valence-electron chi connectivity index (χ3n) is 2.99. The number of ether oxygens (including phenoxy) is 1. The highest BCUT2D eigenvalue weighted by molar-refractivity contribution is 5.95. The van der Waals surface area contributed by atoms with Gasteiger partial charge in [0.1, 0.15) is 22.9 Å². The number of hydrogen-bond acceptors (Lipinski definition) is 3. The first-order chi connectivity index (χ1) is 9.76. The van der Waals surface area contributed by atoms with Crippen molar-refractivity contribution in [1.29, 1.82) is 0 Å². The van der Waals surface area contributed by atoms with Crippen LogP contribution in [-0.4, -0.2) is 30.1 Å². The molecule has 0 spiro atoms. The van der Waals surface area contributed by atoms with Gasteiger partial charge in [0.25, 0.3) is 5.91 Å². The average Bonchev–Trinajstić information content (AvgIpc) is 2.36. The van der Waals surface area contributed by atoms with Crippen LogP contribution in [0.5, 0.6) is 5.75 Å². The highest BCUT2D eigenvalue weighted by Gasteiger charge is 2.24. The van der Waals surface area contributed by atoms with Crippen molar-refractivity contribution in [2.75, 3.05) is 7.11 Å². The first-order valence-corrected chi connectivity index (χ1v) is 6.32. The second-order valence-electron chi connectivity index (χ2n) is 4.89. The first kappa shape index (κ1) is 16.9. The Morgan fingerprint density at radius 2 is 1.81 bits per heavy atom. The number of hydrogen-bond donors (Lipinski definition) is 2. The second kappa shape index (κ2) is 7.01. The SMILES string of the molecule is COc1cc(F)c(C(=O)NC(CC(=O)O)C(C)C)c(F)c1. The molecule has 0 saturated carbocycles. The summed E-state index contributed by atoms with van der Waals surface area (Å²) < 4.78 is 32.2. The third-order valence-corrected chi connectivity index (χ3v) is 2.99. The van der Waals surface area contributed by atoms with Gasteiger partial charge in [-0.3, -0.25) is 9.59 Å². The molecule has 1 atom stereocenters. The van der Waals surface area contributed by atoms with Crippen molar-refractivity contribution < 1.29 is 28.2 Å². The molecule has 0 saturated heterocycles. The number of carboxylic acid groups (broad SMARTS) is 1. The van der Waals surface area contributed by atoms with E-state index in [1.54, 1.807) is 13.8 Å². The van der Waals surface area contributed by atoms with Gasteiger partial charge in [-0.2, -0.15) is 0 Å². The fourth-order valence-corrected chi connectivity index (χ4v) is 1.77. The minimum absolute atomic E-state index is 0.0486. The molecule has 0 aliphatic heterocycles. The second-order valence-corrected chi connectivity index (χ2v) is 4.89. The Morgan fingerprint density at radius 3 is 2.19 bits per heavy atom. The molecule has 1 aromatic carbocycles. The van der Waals surface area contributed by atoms with Crippen molar-refractivity contribution in [2.24, 2.45) is 5.92 Å². The number of amides is 1. The molecule has 0 aliphatic rings. The van der Waals surface area contributed by atoms with Crippen LogP contribution in [0.1, 0.15) is 30.6 Å². The highest BCUT2D eigenvalue weighted by Crippen LogP contribution is 2.21. The quantitative estimate of drug-likeness (QED) is 0.844. The van der Waals surface area contributed by atoms with E-state index >= 15 is 0 Å². The number of carboxylic acids is 1. The van der Waals surface area contributed by atoms with Gasteiger partial charge < -0.3 is 15.2 Å². The summed E-state index contributed by atoms with van der Waals surface area (Å²) >= 11 is 0. The maximum absolute atomic E-state index is 13.8. The number of rotatable bonds is 6. The maximum atomic E-state index is 13.8. The Hall–Kier alpha value is -2.18. The monoisotopic (exact) mass is 301 g/mol. The summed E-state index contributed by atoms with van der Waals surface area (Å²) in [6.45, 7) is 3.41. The van der Waals surface area contributed by atoms with E-state index in [0.29, 0.717) is 0 Å². The van der Waals surface area contributed by atoms with Crippen LogP contribution in [0.15, 0.2) is 12.1 Å². The van der Waals surface area contributed by atoms with Gasteiger partial charge in [0.05, 0.1) is 13.5 Å². The summed E-state index contributed by atoms with van der Waals surface area (Å²) in [5.41, 5.74) is -0.758. The van der Waals surface area contributed by atoms with Gasteiger partial charge in [0.15, 0.2) is 0 Å². The van der Waals surface area contributed by atoms with Gasteiger partial charge in [0.2, 0.25) is 0 Å². The molecule has 7 heteroatoms. The normalized spacial score (nSPS) is 12.1. The Labute approximate surface area is 120 Å². The number of halogens is 2. The lowest BCUT2D eigenvalue weighted by molar-refractivity contribution is -0.137. The van der Waals surface area contributed by atoms with Gasteiger partial charge in [-0.15, -0.1) is 0 Å². The van der Waals surface area contributed by atoms with Gasteiger partial charge >= 0.3 is 5.97 Å². The van der Waals surface area contributed by atoms with E-state index < -0.39 is 35.1 Å². The summed E-state index contributed by atoms with van der Waals surface area (Å²) in [5.74, 6) is -4.48. The topological polar surface area (TPSA) is 75.6 Å². The van der Waals surface area contributed by atoms with E-state index in [4.69, 9.17) is 9.84 Å². The molecule has 0 heterocycles. The number of carbonyl (C=O) groups excluding carboxylic acids is 1. The molecule has 21 heavy (non-hydrogen) atoms. The minimum Gasteiger partial charge on any atom is -0.497 e. The molecule has 1 aromatic rings. The van der Waals surface area contributed by atoms with E-state index in [9.17, 15) is 18.4 Å². The van der Waals surface area contributed by atoms with Crippen molar-refractivity contribution in [2.45, 2.75) is 26.3 Å². The molecule has 0 bridgehead atoms. The Kier molecular flexibility index (Phi) is 5.63. The number of aliphatic carboxylic acids is 1. The Balaban J connectivity index is 3.00. The maximum Gasteiger partial charge on any atom is 0.305 e. The lowest BCUT2D eigenvalue weighted by atomic mass is 10.0. The summed E-state index contributed by atoms with van der Waals surface area (Å²) in [6.07, 6.45) is -0.331. The Bertz CT molecular complexity index is 523. The standard InChI is InChI=1S/C14H17F2NO4/c1-7(2)11(6-12(18)19)17-14(20)13-9(15)4-8(21-3)5-10(13)16/h4-5,7,11H,6H2,1-3H3,(H,17,20)(H,18,19). The van der Waals surface area contributed by atoms with Gasteiger partial charge in [-0.1, -0.05) is 13.8 Å². The van der Waals surface area contributed by atoms with Crippen molar-refractivity contribution in [3.63, 3.8) is 0 Å². The zero-order valence-electron chi connectivity index (χ0n) is 11.9. The molecule has 0 aromatic heterocycles. The molecule has 1 unspecified atom stereocenters. The van der Waals surface area contributed by atoms with Gasteiger partial charge in [-0.25, -0.2) is 8.78 Å². The third kappa shape index (κ3) is 4.40. The van der Waals surface area contributed by atoms with E-state index in [0.717, 1.165) is 12.1 Å². The fraction of sp³-hybridized carbons (Fsp3) is 0.429. The van der Waals surface area contributed by atoms with Crippen LogP contribution < -0.4 is 10.1 Å². The Morgan fingerprint density at radius 1 is 1.29 bits per heavy atom. The summed E-state index contributed by atoms with van der Waals surface area (Å²) in [5, 5.41) is 11.1. The molecular formula is C14H17F2NO4. The predicted molar refractivity (Wildman–Crippen MR) is 71.3 cm³/mol. The highest BCUT2D eigenvalue weighted by atomic mass is 19.1. The summed E-state index contributed by atoms with van der Waals surface area (Å²) in [4.78, 5) is 22.7. The molecule has 0 aliphatic carbocycles. The summed E-state index contributed by atoms with van der Waals surface area (Å²) in [7, 11) is 1.25. The van der Waals surface area contributed by atoms with E-state index in [2.05, 4.69) is 5.32 Å². The largest absolute Gasteiger partial charge is 0.497 e. The smallest absolute Gasteiger partial charge is 0.305 e. The van der Waals surface area contributed by atoms with Crippen molar-refractivity contribution >= 4 is 11.9 Å². The summed E-state index contributed by atoms with van der Waals surface area (Å²) in [6, 6.07) is 1.05. The molecule has 1 amide bonds. The molecule has 116 valence electrons. The van der Waals surface area contributed by atoms with E-state index in [1.807, 2.05) is 0 Å². The van der Waals surface area contributed by atoms with Gasteiger partial charge in [-0.05, 0) is 5.92 Å². The average molecular weight is 301 g/mol. The first-order valence-electron chi connectivity index (χ1n) is 6.32. The van der Waals surface area contributed by atoms with Gasteiger partial charge in [0, 0.05) is 18.2 Å². The molecule has 0 fully saturated rings. The van der Waals surface area contributed by atoms with Crippen LogP contribution in [0.4, 0.5) is 8.78 Å². The predicted octanol–water partition coefficient (Wildman–Crippen LogP) is 2.20. The van der Waals surface area contributed by atoms with Crippen LogP contribution >= 0.6 is 0 Å². The van der Waals surface area contributed by atoms with Crippen LogP contribution in [-0.2, 0) is 4.79 Å². The van der Waals surface area contributed by atoms with Crippen molar-refractivity contribution in [3.8, 4) is 5.75 Å². The number of nitrogens with one attached hydrogen (secondary N) is 1. The number of benzene rings is 1. The molecule has 2 N–H and O–H groups in total. The van der Waals surface area contributed by atoms with Crippen molar-refractivity contribution in [1.82, 2.24) is 5.32 Å². The lowest BCUT2D eigenvalue weighted by Crippen LogP contribution is -2.40. The van der Waals surface area contributed by atoms with E-state index in [1.165, 1.54) is 7.11 Å². The van der Waals surface area contributed by atoms with E-state index in [-0.39, 0.29) is 18.1 Å². The zero-order valence-corrected chi connectivity index (χ0v) is 11.9. The van der Waals surface area contributed by atoms with Crippen molar-refractivity contribution in [3.05, 3.63) is 29.3 Å². The zero-order chi connectivity index (χ0) is 16.2. The molecule has 1 rings (SSSR count). The van der Waals surface area contributed by atoms with Crippen LogP contribution in [0.3, 0.4) is 0 Å². The molecule has 0 radical (unpaired) electrons. The van der Waals surface area contributed by atoms with Crippen LogP contribution in [0.25, 0.3) is 0 Å². The minimum atomic E-state index is -1.11. The fourth-order valence-electron chi connectivity index (χ4n) is 1.77. The van der Waals surface area contributed by atoms with Crippen LogP contribution in [0.2, 0.25) is 0 Å². The molecular weight excluding hydrogens is 284 g/mol. The molecule has 5 nitrogen and oxygen atoms in total. The lowest BCUT2D eigenvalue weighted by Gasteiger charge is -2.21. The van der Waals surface area contributed by atoms with Crippen LogP contribution in [0, 0.1) is 17.6 Å². The number of carbonyl (C=O) groups is 2. The number of methoxy groups -OCH3 is 1.